The molecule has 2 amide bonds. The smallest absolute Gasteiger partial charge is 0.314 e. The number of carbonyl (C=O) groups is 1. The van der Waals surface area contributed by atoms with E-state index in [1.807, 2.05) is 11.8 Å². The molecule has 2 fully saturated rings. The van der Waals surface area contributed by atoms with E-state index in [2.05, 4.69) is 41.0 Å². The maximum Gasteiger partial charge on any atom is 0.314 e. The number of primary amides is 1. The topological polar surface area (TPSA) is 52.8 Å². The first-order valence-corrected chi connectivity index (χ1v) is 9.90. The van der Waals surface area contributed by atoms with Crippen LogP contribution in [0.5, 0.6) is 0 Å². The molecule has 1 aromatic carbocycles. The summed E-state index contributed by atoms with van der Waals surface area (Å²) in [5.74, 6) is 0.955. The summed E-state index contributed by atoms with van der Waals surface area (Å²) in [6, 6.07) is 8.62. The lowest BCUT2D eigenvalue weighted by Crippen LogP contribution is -2.45. The largest absolute Gasteiger partial charge is 0.351 e. The molecule has 0 radical (unpaired) electrons. The van der Waals surface area contributed by atoms with Gasteiger partial charge in [-0.3, -0.25) is 4.90 Å². The van der Waals surface area contributed by atoms with Crippen LogP contribution < -0.4 is 5.73 Å². The van der Waals surface area contributed by atoms with Crippen molar-refractivity contribution in [1.82, 2.24) is 14.7 Å². The summed E-state index contributed by atoms with van der Waals surface area (Å²) < 4.78 is 0. The van der Waals surface area contributed by atoms with E-state index >= 15 is 0 Å². The summed E-state index contributed by atoms with van der Waals surface area (Å²) >= 11 is 1.92. The highest BCUT2D eigenvalue weighted by molar-refractivity contribution is 7.99. The van der Waals surface area contributed by atoms with Crippen LogP contribution in [0.4, 0.5) is 4.79 Å². The lowest BCUT2D eigenvalue weighted by Gasteiger charge is -2.34. The molecule has 24 heavy (non-hydrogen) atoms. The van der Waals surface area contributed by atoms with E-state index in [0.717, 1.165) is 45.0 Å². The Kier molecular flexibility index (Phi) is 6.03. The lowest BCUT2D eigenvalue weighted by molar-refractivity contribution is 0.132. The quantitative estimate of drug-likeness (QED) is 0.904. The van der Waals surface area contributed by atoms with Gasteiger partial charge in [-0.25, -0.2) is 4.79 Å². The molecule has 6 heteroatoms. The Balaban J connectivity index is 1.54. The molecule has 2 heterocycles. The van der Waals surface area contributed by atoms with Crippen molar-refractivity contribution in [1.29, 1.82) is 0 Å². The monoisotopic (exact) mass is 348 g/mol. The molecule has 3 rings (SSSR count). The molecule has 2 aliphatic rings. The fourth-order valence-corrected chi connectivity index (χ4v) is 4.66. The van der Waals surface area contributed by atoms with Crippen LogP contribution in [0.3, 0.4) is 0 Å². The van der Waals surface area contributed by atoms with E-state index in [1.165, 1.54) is 24.2 Å². The predicted octanol–water partition coefficient (Wildman–Crippen LogP) is 1.99. The zero-order valence-corrected chi connectivity index (χ0v) is 15.3. The van der Waals surface area contributed by atoms with E-state index in [9.17, 15) is 4.79 Å². The van der Waals surface area contributed by atoms with Crippen molar-refractivity contribution < 1.29 is 4.79 Å². The Morgan fingerprint density at radius 2 is 1.79 bits per heavy atom. The zero-order chi connectivity index (χ0) is 16.9. The molecular formula is C18H28N4OS. The van der Waals surface area contributed by atoms with Crippen molar-refractivity contribution in [2.75, 3.05) is 51.6 Å². The molecule has 1 atom stereocenters. The number of carbonyl (C=O) groups excluding carboxylic acids is 1. The minimum absolute atomic E-state index is 0.303. The van der Waals surface area contributed by atoms with Gasteiger partial charge in [0.25, 0.3) is 0 Å². The van der Waals surface area contributed by atoms with Crippen molar-refractivity contribution in [3.63, 3.8) is 0 Å². The summed E-state index contributed by atoms with van der Waals surface area (Å²) in [4.78, 5) is 18.2. The number of nitrogens with two attached hydrogens (primary N) is 1. The first-order valence-electron chi connectivity index (χ1n) is 8.85. The third-order valence-electron chi connectivity index (χ3n) is 5.05. The Hall–Kier alpha value is -1.24. The molecule has 132 valence electrons. The highest BCUT2D eigenvalue weighted by Gasteiger charge is 2.24. The van der Waals surface area contributed by atoms with Gasteiger partial charge in [0.1, 0.15) is 0 Å². The number of likely N-dealkylation sites (N-methyl/N-ethyl adjacent to an activating group) is 1. The van der Waals surface area contributed by atoms with Gasteiger partial charge in [-0.15, -0.1) is 0 Å². The molecule has 5 nitrogen and oxygen atoms in total. The third kappa shape index (κ3) is 4.43. The van der Waals surface area contributed by atoms with Gasteiger partial charge in [0.05, 0.1) is 0 Å². The fourth-order valence-electron chi connectivity index (χ4n) is 3.41. The Bertz CT molecular complexity index is 542. The van der Waals surface area contributed by atoms with Gasteiger partial charge in [-0.1, -0.05) is 31.2 Å². The maximum atomic E-state index is 11.4. The SMILES string of the molecule is CCN1CCN(Cc2ccc(C3CN(C(N)=O)CCS3)cc2)CC1. The van der Waals surface area contributed by atoms with Crippen LogP contribution in [0.15, 0.2) is 24.3 Å². The number of piperazine rings is 1. The van der Waals surface area contributed by atoms with Crippen molar-refractivity contribution in [2.45, 2.75) is 18.7 Å². The molecular weight excluding hydrogens is 320 g/mol. The lowest BCUT2D eigenvalue weighted by atomic mass is 10.1. The van der Waals surface area contributed by atoms with Crippen molar-refractivity contribution in [3.05, 3.63) is 35.4 Å². The highest BCUT2D eigenvalue weighted by atomic mass is 32.2. The van der Waals surface area contributed by atoms with Crippen LogP contribution in [-0.2, 0) is 6.54 Å². The van der Waals surface area contributed by atoms with Gasteiger partial charge >= 0.3 is 6.03 Å². The van der Waals surface area contributed by atoms with Crippen LogP contribution in [0.2, 0.25) is 0 Å². The Morgan fingerprint density at radius 1 is 1.12 bits per heavy atom. The van der Waals surface area contributed by atoms with Crippen molar-refractivity contribution >= 4 is 17.8 Å². The van der Waals surface area contributed by atoms with Crippen LogP contribution in [0.1, 0.15) is 23.3 Å². The number of rotatable bonds is 4. The normalized spacial score (nSPS) is 23.4. The van der Waals surface area contributed by atoms with Gasteiger partial charge in [0.2, 0.25) is 0 Å². The fraction of sp³-hybridized carbons (Fsp3) is 0.611. The highest BCUT2D eigenvalue weighted by Crippen LogP contribution is 2.33. The van der Waals surface area contributed by atoms with E-state index in [0.29, 0.717) is 5.25 Å². The Morgan fingerprint density at radius 3 is 2.42 bits per heavy atom. The third-order valence-corrected chi connectivity index (χ3v) is 6.29. The molecule has 0 bridgehead atoms. The first-order chi connectivity index (χ1) is 11.7. The average molecular weight is 349 g/mol. The van der Waals surface area contributed by atoms with Crippen LogP contribution >= 0.6 is 11.8 Å². The van der Waals surface area contributed by atoms with Gasteiger partial charge in [-0.05, 0) is 17.7 Å². The summed E-state index contributed by atoms with van der Waals surface area (Å²) in [6.07, 6.45) is 0. The summed E-state index contributed by atoms with van der Waals surface area (Å²) in [6.45, 7) is 10.6. The number of nitrogens with zero attached hydrogens (tertiary/aromatic N) is 3. The molecule has 0 spiro atoms. The summed E-state index contributed by atoms with van der Waals surface area (Å²) in [5.41, 5.74) is 8.09. The molecule has 2 saturated heterocycles. The number of benzene rings is 1. The number of amides is 2. The second-order valence-corrected chi connectivity index (χ2v) is 7.91. The number of hydrogen-bond acceptors (Lipinski definition) is 4. The van der Waals surface area contributed by atoms with Gasteiger partial charge in [-0.2, -0.15) is 11.8 Å². The molecule has 0 saturated carbocycles. The molecule has 1 aromatic rings. The van der Waals surface area contributed by atoms with E-state index in [-0.39, 0.29) is 6.03 Å². The van der Waals surface area contributed by atoms with E-state index in [4.69, 9.17) is 5.73 Å². The second kappa shape index (κ2) is 8.23. The molecule has 0 aliphatic carbocycles. The summed E-state index contributed by atoms with van der Waals surface area (Å²) in [5, 5.41) is 0.341. The molecule has 2 N–H and O–H groups in total. The molecule has 0 aromatic heterocycles. The van der Waals surface area contributed by atoms with Crippen LogP contribution in [0, 0.1) is 0 Å². The van der Waals surface area contributed by atoms with Crippen molar-refractivity contribution in [2.24, 2.45) is 5.73 Å². The maximum absolute atomic E-state index is 11.4. The summed E-state index contributed by atoms with van der Waals surface area (Å²) in [7, 11) is 0. The number of urea groups is 1. The Labute approximate surface area is 149 Å². The molecule has 2 aliphatic heterocycles. The number of hydrogen-bond donors (Lipinski definition) is 1. The predicted molar refractivity (Wildman–Crippen MR) is 100 cm³/mol. The average Bonchev–Trinajstić information content (AvgIpc) is 2.63. The first kappa shape index (κ1) is 17.6. The number of thioether (sulfide) groups is 1. The van der Waals surface area contributed by atoms with Gasteiger partial charge in [0, 0.05) is 56.8 Å². The van der Waals surface area contributed by atoms with Crippen LogP contribution in [0.25, 0.3) is 0 Å². The standard InChI is InChI=1S/C18H28N4OS/c1-2-20-7-9-21(10-8-20)13-15-3-5-16(6-4-15)17-14-22(18(19)23)11-12-24-17/h3-6,17H,2,7-14H2,1H3,(H2,19,23). The molecule has 1 unspecified atom stereocenters. The zero-order valence-electron chi connectivity index (χ0n) is 14.5. The van der Waals surface area contributed by atoms with Crippen LogP contribution in [-0.4, -0.2) is 72.3 Å². The van der Waals surface area contributed by atoms with E-state index in [1.54, 1.807) is 4.90 Å². The van der Waals surface area contributed by atoms with Gasteiger partial charge in [0.15, 0.2) is 0 Å². The minimum atomic E-state index is -0.303. The van der Waals surface area contributed by atoms with Crippen molar-refractivity contribution in [3.8, 4) is 0 Å². The van der Waals surface area contributed by atoms with Gasteiger partial charge < -0.3 is 15.5 Å². The van der Waals surface area contributed by atoms with E-state index < -0.39 is 0 Å². The second-order valence-electron chi connectivity index (χ2n) is 6.60. The minimum Gasteiger partial charge on any atom is -0.351 e.